The maximum Gasteiger partial charge on any atom is 0.416 e. The molecular weight excluding hydrogens is 433 g/mol. The van der Waals surface area contributed by atoms with Gasteiger partial charge >= 0.3 is 6.18 Å². The van der Waals surface area contributed by atoms with Gasteiger partial charge in [-0.3, -0.25) is 9.48 Å². The number of nitrogens with one attached hydrogen (secondary N) is 2. The fourth-order valence-electron chi connectivity index (χ4n) is 3.93. The Labute approximate surface area is 189 Å². The number of carbonyl (C=O) groups excluding carboxylic acids is 1. The lowest BCUT2D eigenvalue weighted by Gasteiger charge is -2.16. The number of aryl methyl sites for hydroxylation is 1. The summed E-state index contributed by atoms with van der Waals surface area (Å²) in [6, 6.07) is 11.8. The Hall–Kier alpha value is -3.33. The van der Waals surface area contributed by atoms with Gasteiger partial charge in [-0.2, -0.15) is 18.3 Å². The standard InChI is InChI=1S/C24H25F3N4O2/c1-31-21(9-12-29-31)20-15-19(7-8-22(20)33-13-10-18-6-3-11-28-18)30-23(32)16-4-2-5-17(14-16)24(25,26)27/h2,4-5,7-9,12,14-15,18,28H,3,6,10-11,13H2,1H3,(H,30,32). The predicted octanol–water partition coefficient (Wildman–Crippen LogP) is 4.88. The van der Waals surface area contributed by atoms with Gasteiger partial charge in [0.1, 0.15) is 5.75 Å². The Balaban J connectivity index is 1.54. The van der Waals surface area contributed by atoms with Crippen molar-refractivity contribution in [2.45, 2.75) is 31.5 Å². The lowest BCUT2D eigenvalue weighted by atomic mass is 10.1. The summed E-state index contributed by atoms with van der Waals surface area (Å²) in [4.78, 5) is 12.6. The Morgan fingerprint density at radius 3 is 2.79 bits per heavy atom. The van der Waals surface area contributed by atoms with Gasteiger partial charge in [0.25, 0.3) is 5.91 Å². The molecule has 33 heavy (non-hydrogen) atoms. The van der Waals surface area contributed by atoms with Crippen LogP contribution in [-0.4, -0.2) is 34.9 Å². The summed E-state index contributed by atoms with van der Waals surface area (Å²) in [7, 11) is 1.80. The van der Waals surface area contributed by atoms with Crippen molar-refractivity contribution < 1.29 is 22.7 Å². The topological polar surface area (TPSA) is 68.2 Å². The third kappa shape index (κ3) is 5.54. The lowest BCUT2D eigenvalue weighted by Crippen LogP contribution is -2.23. The van der Waals surface area contributed by atoms with Gasteiger partial charge in [-0.1, -0.05) is 6.07 Å². The Morgan fingerprint density at radius 2 is 2.09 bits per heavy atom. The zero-order valence-corrected chi connectivity index (χ0v) is 18.2. The van der Waals surface area contributed by atoms with Gasteiger partial charge in [0.2, 0.25) is 0 Å². The van der Waals surface area contributed by atoms with Crippen LogP contribution >= 0.6 is 0 Å². The summed E-state index contributed by atoms with van der Waals surface area (Å²) in [5.74, 6) is 0.0201. The molecule has 1 aliphatic heterocycles. The summed E-state index contributed by atoms with van der Waals surface area (Å²) in [6.07, 6.45) is 0.341. The van der Waals surface area contributed by atoms with E-state index in [0.717, 1.165) is 42.8 Å². The zero-order chi connectivity index (χ0) is 23.4. The molecule has 0 aliphatic carbocycles. The molecule has 0 radical (unpaired) electrons. The van der Waals surface area contributed by atoms with Crippen molar-refractivity contribution in [1.82, 2.24) is 15.1 Å². The fraction of sp³-hybridized carbons (Fsp3) is 0.333. The van der Waals surface area contributed by atoms with Crippen molar-refractivity contribution in [1.29, 1.82) is 0 Å². The molecule has 6 nitrogen and oxygen atoms in total. The summed E-state index contributed by atoms with van der Waals surface area (Å²) in [5.41, 5.74) is 1.02. The second-order valence-corrected chi connectivity index (χ2v) is 8.01. The van der Waals surface area contributed by atoms with E-state index in [9.17, 15) is 18.0 Å². The lowest BCUT2D eigenvalue weighted by molar-refractivity contribution is -0.137. The number of ether oxygens (including phenoxy) is 1. The monoisotopic (exact) mass is 458 g/mol. The van der Waals surface area contributed by atoms with Crippen molar-refractivity contribution in [3.63, 3.8) is 0 Å². The number of hydrogen-bond acceptors (Lipinski definition) is 4. The van der Waals surface area contributed by atoms with Crippen molar-refractivity contribution in [2.75, 3.05) is 18.5 Å². The third-order valence-corrected chi connectivity index (χ3v) is 5.67. The van der Waals surface area contributed by atoms with Gasteiger partial charge in [0.05, 0.1) is 17.9 Å². The van der Waals surface area contributed by atoms with Crippen LogP contribution in [0.3, 0.4) is 0 Å². The van der Waals surface area contributed by atoms with Crippen LogP contribution in [0, 0.1) is 0 Å². The van der Waals surface area contributed by atoms with Gasteiger partial charge in [0, 0.05) is 36.1 Å². The smallest absolute Gasteiger partial charge is 0.416 e. The van der Waals surface area contributed by atoms with E-state index in [1.54, 1.807) is 36.1 Å². The SMILES string of the molecule is Cn1nccc1-c1cc(NC(=O)c2cccc(C(F)(F)F)c2)ccc1OCCC1CCCN1. The molecule has 3 aromatic rings. The van der Waals surface area contributed by atoms with Crippen molar-refractivity contribution in [2.24, 2.45) is 7.05 Å². The quantitative estimate of drug-likeness (QED) is 0.530. The first kappa shape index (κ1) is 22.8. The average molecular weight is 458 g/mol. The maximum absolute atomic E-state index is 13.0. The van der Waals surface area contributed by atoms with Crippen molar-refractivity contribution >= 4 is 11.6 Å². The van der Waals surface area contributed by atoms with Crippen LogP contribution in [0.25, 0.3) is 11.3 Å². The molecule has 1 fully saturated rings. The number of aromatic nitrogens is 2. The predicted molar refractivity (Wildman–Crippen MR) is 119 cm³/mol. The number of anilines is 1. The maximum atomic E-state index is 13.0. The van der Waals surface area contributed by atoms with E-state index < -0.39 is 17.6 Å². The van der Waals surface area contributed by atoms with E-state index in [-0.39, 0.29) is 5.56 Å². The van der Waals surface area contributed by atoms with Gasteiger partial charge in [0.15, 0.2) is 0 Å². The number of alkyl halides is 3. The Morgan fingerprint density at radius 1 is 1.24 bits per heavy atom. The molecule has 2 N–H and O–H groups in total. The first-order chi connectivity index (χ1) is 15.8. The molecule has 0 saturated carbocycles. The molecule has 1 aromatic heterocycles. The van der Waals surface area contributed by atoms with E-state index in [4.69, 9.17) is 4.74 Å². The number of nitrogens with zero attached hydrogens (tertiary/aromatic N) is 2. The molecule has 1 aliphatic rings. The minimum atomic E-state index is -4.52. The second kappa shape index (κ2) is 9.66. The third-order valence-electron chi connectivity index (χ3n) is 5.67. The number of amides is 1. The Kier molecular flexibility index (Phi) is 6.69. The molecule has 2 aromatic carbocycles. The highest BCUT2D eigenvalue weighted by Crippen LogP contribution is 2.33. The van der Waals surface area contributed by atoms with E-state index in [1.165, 1.54) is 18.6 Å². The van der Waals surface area contributed by atoms with E-state index >= 15 is 0 Å². The highest BCUT2D eigenvalue weighted by molar-refractivity contribution is 6.04. The van der Waals surface area contributed by atoms with Crippen LogP contribution < -0.4 is 15.4 Å². The number of benzene rings is 2. The minimum Gasteiger partial charge on any atom is -0.493 e. The summed E-state index contributed by atoms with van der Waals surface area (Å²) in [5, 5.41) is 10.3. The number of hydrogen-bond donors (Lipinski definition) is 2. The molecule has 0 bridgehead atoms. The van der Waals surface area contributed by atoms with Crippen LogP contribution in [0.5, 0.6) is 5.75 Å². The van der Waals surface area contributed by atoms with Crippen LogP contribution in [0.4, 0.5) is 18.9 Å². The highest BCUT2D eigenvalue weighted by atomic mass is 19.4. The number of halogens is 3. The molecule has 2 heterocycles. The average Bonchev–Trinajstić information content (AvgIpc) is 3.46. The largest absolute Gasteiger partial charge is 0.493 e. The van der Waals surface area contributed by atoms with Crippen LogP contribution in [0.1, 0.15) is 35.2 Å². The van der Waals surface area contributed by atoms with Gasteiger partial charge in [-0.25, -0.2) is 0 Å². The normalized spacial score (nSPS) is 16.1. The molecule has 9 heteroatoms. The molecule has 1 unspecified atom stereocenters. The first-order valence-electron chi connectivity index (χ1n) is 10.8. The number of rotatable bonds is 7. The van der Waals surface area contributed by atoms with Crippen molar-refractivity contribution in [3.05, 3.63) is 65.9 Å². The molecule has 1 amide bonds. The summed E-state index contributed by atoms with van der Waals surface area (Å²) in [6.45, 7) is 1.57. The van der Waals surface area contributed by atoms with Gasteiger partial charge in [-0.15, -0.1) is 0 Å². The van der Waals surface area contributed by atoms with Gasteiger partial charge < -0.3 is 15.4 Å². The van der Waals surface area contributed by atoms with E-state index in [2.05, 4.69) is 15.7 Å². The summed E-state index contributed by atoms with van der Waals surface area (Å²) < 4.78 is 46.7. The molecule has 1 atom stereocenters. The van der Waals surface area contributed by atoms with Crippen LogP contribution in [0.15, 0.2) is 54.7 Å². The van der Waals surface area contributed by atoms with E-state index in [1.807, 2.05) is 6.07 Å². The fourth-order valence-corrected chi connectivity index (χ4v) is 3.93. The highest BCUT2D eigenvalue weighted by Gasteiger charge is 2.31. The van der Waals surface area contributed by atoms with E-state index in [0.29, 0.717) is 24.1 Å². The van der Waals surface area contributed by atoms with Crippen LogP contribution in [-0.2, 0) is 13.2 Å². The molecule has 174 valence electrons. The molecule has 0 spiro atoms. The first-order valence-corrected chi connectivity index (χ1v) is 10.8. The molecular formula is C24H25F3N4O2. The molecule has 1 saturated heterocycles. The second-order valence-electron chi connectivity index (χ2n) is 8.01. The molecule has 4 rings (SSSR count). The van der Waals surface area contributed by atoms with Crippen LogP contribution in [0.2, 0.25) is 0 Å². The summed E-state index contributed by atoms with van der Waals surface area (Å²) >= 11 is 0. The minimum absolute atomic E-state index is 0.0729. The number of carbonyl (C=O) groups is 1. The van der Waals surface area contributed by atoms with Crippen molar-refractivity contribution in [3.8, 4) is 17.0 Å². The Bertz CT molecular complexity index is 1120. The van der Waals surface area contributed by atoms with Gasteiger partial charge in [-0.05, 0) is 68.3 Å². The zero-order valence-electron chi connectivity index (χ0n) is 18.2.